The van der Waals surface area contributed by atoms with Gasteiger partial charge in [-0.3, -0.25) is 14.2 Å². The summed E-state index contributed by atoms with van der Waals surface area (Å²) in [4.78, 5) is 35.0. The van der Waals surface area contributed by atoms with E-state index in [9.17, 15) is 19.2 Å². The average Bonchev–Trinajstić information content (AvgIpc) is 3.21. The number of hydrogen-bond acceptors (Lipinski definition) is 7. The maximum atomic E-state index is 15.0. The van der Waals surface area contributed by atoms with Gasteiger partial charge in [-0.15, -0.1) is 0 Å². The molecule has 10 nitrogen and oxygen atoms in total. The van der Waals surface area contributed by atoms with Crippen molar-refractivity contribution >= 4 is 22.5 Å². The molecule has 184 valence electrons. The summed E-state index contributed by atoms with van der Waals surface area (Å²) in [6.07, 6.45) is 4.72. The first-order valence-corrected chi connectivity index (χ1v) is 11.3. The van der Waals surface area contributed by atoms with Gasteiger partial charge in [0.25, 0.3) is 0 Å². The molecule has 3 aromatic heterocycles. The van der Waals surface area contributed by atoms with Crippen molar-refractivity contribution in [2.75, 3.05) is 5.32 Å². The highest BCUT2D eigenvalue weighted by atomic mass is 19.1. The molecule has 0 bridgehead atoms. The van der Waals surface area contributed by atoms with Crippen molar-refractivity contribution in [1.82, 2.24) is 28.9 Å². The number of nitrogens with one attached hydrogen (secondary N) is 1. The second-order valence-electron chi connectivity index (χ2n) is 8.71. The number of halogens is 1. The van der Waals surface area contributed by atoms with E-state index in [1.807, 2.05) is 6.92 Å². The number of anilines is 2. The van der Waals surface area contributed by atoms with Crippen LogP contribution in [-0.2, 0) is 13.6 Å². The number of nitrogens with zero attached hydrogens (tertiary/aromatic N) is 7. The zero-order valence-electron chi connectivity index (χ0n) is 20.2. The topological polar surface area (TPSA) is 123 Å². The number of aryl methyl sites for hydroxylation is 3. The second-order valence-corrected chi connectivity index (χ2v) is 8.71. The molecular formula is C26H21FN8O2. The SMILES string of the molecule is Cc1cncc(-n2c(=O)nc(Nc3cc4cn(C)nc4cc3F)n(Cc3cc(C#N)ccc3C)c2=O)c1. The molecule has 3 heterocycles. The summed E-state index contributed by atoms with van der Waals surface area (Å²) in [7, 11) is 1.72. The standard InChI is InChI=1S/C26H21FN8O2/c1-15-6-20(12-29-11-15)35-25(36)31-24(30-23-8-19-13-33(3)32-22(19)9-21(23)27)34(26(35)37)14-18-7-17(10-28)5-4-16(18)2/h4-9,11-13H,14H2,1-3H3,(H,30,31,36). The quantitative estimate of drug-likeness (QED) is 0.397. The molecule has 0 radical (unpaired) electrons. The van der Waals surface area contributed by atoms with Crippen LogP contribution in [0.5, 0.6) is 0 Å². The van der Waals surface area contributed by atoms with Crippen LogP contribution in [0.15, 0.2) is 64.6 Å². The highest BCUT2D eigenvalue weighted by Crippen LogP contribution is 2.24. The van der Waals surface area contributed by atoms with Gasteiger partial charge in [-0.25, -0.2) is 18.5 Å². The lowest BCUT2D eigenvalue weighted by Crippen LogP contribution is -2.42. The predicted octanol–water partition coefficient (Wildman–Crippen LogP) is 3.10. The van der Waals surface area contributed by atoms with Crippen molar-refractivity contribution in [2.24, 2.45) is 7.05 Å². The fraction of sp³-hybridized carbons (Fsp3) is 0.154. The van der Waals surface area contributed by atoms with Crippen LogP contribution in [0.3, 0.4) is 0 Å². The zero-order valence-corrected chi connectivity index (χ0v) is 20.2. The molecule has 0 spiro atoms. The fourth-order valence-corrected chi connectivity index (χ4v) is 4.08. The van der Waals surface area contributed by atoms with E-state index < -0.39 is 17.2 Å². The van der Waals surface area contributed by atoms with Crippen molar-refractivity contribution in [2.45, 2.75) is 20.4 Å². The van der Waals surface area contributed by atoms with E-state index in [0.717, 1.165) is 15.7 Å². The van der Waals surface area contributed by atoms with E-state index >= 15 is 0 Å². The van der Waals surface area contributed by atoms with Crippen LogP contribution < -0.4 is 16.7 Å². The average molecular weight is 497 g/mol. The van der Waals surface area contributed by atoms with E-state index in [1.54, 1.807) is 55.3 Å². The maximum Gasteiger partial charge on any atom is 0.359 e. The molecule has 0 aliphatic rings. The molecular weight excluding hydrogens is 475 g/mol. The molecule has 0 unspecified atom stereocenters. The molecule has 2 aromatic carbocycles. The van der Waals surface area contributed by atoms with Crippen molar-refractivity contribution in [1.29, 1.82) is 5.26 Å². The summed E-state index contributed by atoms with van der Waals surface area (Å²) in [5.41, 5.74) is 1.87. The normalized spacial score (nSPS) is 11.0. The number of hydrogen-bond donors (Lipinski definition) is 1. The number of aromatic nitrogens is 6. The Balaban J connectivity index is 1.70. The first kappa shape index (κ1) is 23.6. The molecule has 0 saturated heterocycles. The first-order chi connectivity index (χ1) is 17.7. The Morgan fingerprint density at radius 2 is 1.92 bits per heavy atom. The largest absolute Gasteiger partial charge is 0.359 e. The maximum absolute atomic E-state index is 15.0. The summed E-state index contributed by atoms with van der Waals surface area (Å²) in [6.45, 7) is 3.61. The van der Waals surface area contributed by atoms with Crippen LogP contribution >= 0.6 is 0 Å². The van der Waals surface area contributed by atoms with E-state index in [-0.39, 0.29) is 23.9 Å². The van der Waals surface area contributed by atoms with Gasteiger partial charge in [0.2, 0.25) is 5.95 Å². The third kappa shape index (κ3) is 4.48. The molecule has 37 heavy (non-hydrogen) atoms. The van der Waals surface area contributed by atoms with E-state index in [0.29, 0.717) is 22.0 Å². The highest BCUT2D eigenvalue weighted by molar-refractivity contribution is 5.83. The van der Waals surface area contributed by atoms with Crippen LogP contribution in [0, 0.1) is 31.0 Å². The van der Waals surface area contributed by atoms with E-state index in [4.69, 9.17) is 0 Å². The third-order valence-corrected chi connectivity index (χ3v) is 5.95. The minimum Gasteiger partial charge on any atom is -0.323 e. The molecule has 11 heteroatoms. The van der Waals surface area contributed by atoms with Gasteiger partial charge in [0.1, 0.15) is 5.82 Å². The number of fused-ring (bicyclic) bond motifs is 1. The Labute approximate surface area is 209 Å². The van der Waals surface area contributed by atoms with Gasteiger partial charge >= 0.3 is 11.4 Å². The Hall–Kier alpha value is -5.11. The van der Waals surface area contributed by atoms with Crippen LogP contribution in [-0.4, -0.2) is 28.9 Å². The van der Waals surface area contributed by atoms with Gasteiger partial charge in [-0.05, 0) is 54.8 Å². The van der Waals surface area contributed by atoms with Crippen LogP contribution in [0.2, 0.25) is 0 Å². The monoisotopic (exact) mass is 496 g/mol. The van der Waals surface area contributed by atoms with E-state index in [2.05, 4.69) is 26.5 Å². The summed E-state index contributed by atoms with van der Waals surface area (Å²) in [6, 6.07) is 11.6. The number of nitriles is 1. The molecule has 0 aliphatic heterocycles. The Bertz CT molecular complexity index is 1840. The summed E-state index contributed by atoms with van der Waals surface area (Å²) in [5.74, 6) is -0.766. The zero-order chi connectivity index (χ0) is 26.3. The number of pyridine rings is 1. The van der Waals surface area contributed by atoms with Crippen LogP contribution in [0.25, 0.3) is 16.6 Å². The fourth-order valence-electron chi connectivity index (χ4n) is 4.08. The van der Waals surface area contributed by atoms with Gasteiger partial charge in [0.05, 0.1) is 41.3 Å². The third-order valence-electron chi connectivity index (χ3n) is 5.95. The molecule has 0 amide bonds. The molecule has 5 aromatic rings. The first-order valence-electron chi connectivity index (χ1n) is 11.3. The summed E-state index contributed by atoms with van der Waals surface area (Å²) >= 11 is 0. The Kier molecular flexibility index (Phi) is 5.85. The van der Waals surface area contributed by atoms with Crippen molar-refractivity contribution in [3.63, 3.8) is 0 Å². The smallest absolute Gasteiger partial charge is 0.323 e. The van der Waals surface area contributed by atoms with Gasteiger partial charge in [-0.2, -0.15) is 15.3 Å². The van der Waals surface area contributed by atoms with Gasteiger partial charge < -0.3 is 5.32 Å². The van der Waals surface area contributed by atoms with Crippen LogP contribution in [0.1, 0.15) is 22.3 Å². The highest BCUT2D eigenvalue weighted by Gasteiger charge is 2.18. The van der Waals surface area contributed by atoms with Crippen LogP contribution in [0.4, 0.5) is 16.0 Å². The molecule has 0 saturated carbocycles. The minimum atomic E-state index is -0.846. The molecule has 0 fully saturated rings. The lowest BCUT2D eigenvalue weighted by molar-refractivity contribution is 0.628. The van der Waals surface area contributed by atoms with Gasteiger partial charge in [0, 0.05) is 30.9 Å². The van der Waals surface area contributed by atoms with Crippen molar-refractivity contribution in [3.05, 3.63) is 104 Å². The van der Waals surface area contributed by atoms with Crippen molar-refractivity contribution < 1.29 is 4.39 Å². The molecule has 1 N–H and O–H groups in total. The summed E-state index contributed by atoms with van der Waals surface area (Å²) in [5, 5.41) is 17.0. The number of benzene rings is 2. The van der Waals surface area contributed by atoms with Gasteiger partial charge in [-0.1, -0.05) is 6.07 Å². The number of rotatable bonds is 5. The Morgan fingerprint density at radius 3 is 2.68 bits per heavy atom. The lowest BCUT2D eigenvalue weighted by Gasteiger charge is -2.17. The second kappa shape index (κ2) is 9.16. The lowest BCUT2D eigenvalue weighted by atomic mass is 10.1. The molecule has 0 aliphatic carbocycles. The molecule has 0 atom stereocenters. The van der Waals surface area contributed by atoms with Gasteiger partial charge in [0.15, 0.2) is 0 Å². The minimum absolute atomic E-state index is 0.0220. The Morgan fingerprint density at radius 1 is 1.11 bits per heavy atom. The van der Waals surface area contributed by atoms with Crippen molar-refractivity contribution in [3.8, 4) is 11.8 Å². The summed E-state index contributed by atoms with van der Waals surface area (Å²) < 4.78 is 18.7. The van der Waals surface area contributed by atoms with E-state index in [1.165, 1.54) is 22.9 Å². The predicted molar refractivity (Wildman–Crippen MR) is 136 cm³/mol. The molecule has 5 rings (SSSR count).